The maximum Gasteiger partial charge on any atom is 0.264 e. The molecule has 3 aromatic rings. The lowest BCUT2D eigenvalue weighted by Crippen LogP contribution is -2.36. The zero-order chi connectivity index (χ0) is 31.0. The standard InChI is InChI=1S/C30H42N4O6S3/c1-22-5-8-25(41-22)28(35)32-13-18-40-21-24-7-9-26(43-24)29(36)31-12-15-33(2)14-11-23-6-10-27(42-23)30(37)34(16-19-38-3)17-20-39-4/h5-10H,11-21H2,1-4H3,(H,31,36)(H,32,35). The summed E-state index contributed by atoms with van der Waals surface area (Å²) >= 11 is 4.39. The number of methoxy groups -OCH3 is 2. The van der Waals surface area contributed by atoms with Gasteiger partial charge in [-0.1, -0.05) is 0 Å². The Labute approximate surface area is 265 Å². The van der Waals surface area contributed by atoms with E-state index < -0.39 is 0 Å². The van der Waals surface area contributed by atoms with Crippen LogP contribution in [0.4, 0.5) is 0 Å². The first-order chi connectivity index (χ1) is 20.8. The van der Waals surface area contributed by atoms with Gasteiger partial charge >= 0.3 is 0 Å². The summed E-state index contributed by atoms with van der Waals surface area (Å²) in [5, 5.41) is 5.84. The number of hydrogen-bond acceptors (Lipinski definition) is 10. The van der Waals surface area contributed by atoms with Gasteiger partial charge in [0.15, 0.2) is 0 Å². The van der Waals surface area contributed by atoms with Crippen LogP contribution in [0, 0.1) is 6.92 Å². The summed E-state index contributed by atoms with van der Waals surface area (Å²) < 4.78 is 16.0. The number of thiophene rings is 3. The van der Waals surface area contributed by atoms with Gasteiger partial charge in [-0.15, -0.1) is 34.0 Å². The molecular formula is C30H42N4O6S3. The molecule has 0 aliphatic heterocycles. The number of likely N-dealkylation sites (N-methyl/N-ethyl adjacent to an activating group) is 1. The fourth-order valence-electron chi connectivity index (χ4n) is 3.99. The normalized spacial score (nSPS) is 11.2. The number of carbonyl (C=O) groups excluding carboxylic acids is 3. The number of rotatable bonds is 20. The predicted molar refractivity (Wildman–Crippen MR) is 173 cm³/mol. The predicted octanol–water partition coefficient (Wildman–Crippen LogP) is 3.77. The van der Waals surface area contributed by atoms with Gasteiger partial charge < -0.3 is 34.6 Å². The molecule has 3 amide bonds. The van der Waals surface area contributed by atoms with Crippen LogP contribution < -0.4 is 10.6 Å². The molecule has 0 saturated heterocycles. The highest BCUT2D eigenvalue weighted by atomic mass is 32.1. The van der Waals surface area contributed by atoms with Crippen LogP contribution in [0.3, 0.4) is 0 Å². The van der Waals surface area contributed by atoms with Crippen molar-refractivity contribution in [3.8, 4) is 0 Å². The second-order valence-corrected chi connectivity index (χ2v) is 13.5. The van der Waals surface area contributed by atoms with Crippen molar-refractivity contribution >= 4 is 51.7 Å². The van der Waals surface area contributed by atoms with Gasteiger partial charge in [0.05, 0.1) is 41.1 Å². The van der Waals surface area contributed by atoms with E-state index >= 15 is 0 Å². The van der Waals surface area contributed by atoms with Gasteiger partial charge in [0.1, 0.15) is 0 Å². The Bertz CT molecular complexity index is 1280. The first-order valence-corrected chi connectivity index (χ1v) is 16.6. The van der Waals surface area contributed by atoms with Crippen molar-refractivity contribution < 1.29 is 28.6 Å². The lowest BCUT2D eigenvalue weighted by molar-refractivity contribution is 0.0631. The lowest BCUT2D eigenvalue weighted by atomic mass is 10.3. The van der Waals surface area contributed by atoms with Crippen LogP contribution in [0.1, 0.15) is 43.6 Å². The Balaban J connectivity index is 1.30. The molecule has 3 heterocycles. The SMILES string of the molecule is COCCN(CCOC)C(=O)c1ccc(CCN(C)CCNC(=O)c2ccc(COCCNC(=O)c3ccc(C)s3)s2)s1. The van der Waals surface area contributed by atoms with E-state index in [9.17, 15) is 14.4 Å². The third-order valence-corrected chi connectivity index (χ3v) is 9.63. The zero-order valence-corrected chi connectivity index (χ0v) is 27.8. The molecule has 236 valence electrons. The zero-order valence-electron chi connectivity index (χ0n) is 25.3. The van der Waals surface area contributed by atoms with Gasteiger partial charge in [0, 0.05) is 68.1 Å². The highest BCUT2D eigenvalue weighted by Crippen LogP contribution is 2.20. The number of aryl methyl sites for hydroxylation is 1. The van der Waals surface area contributed by atoms with Crippen LogP contribution in [0.15, 0.2) is 36.4 Å². The molecule has 0 bridgehead atoms. The molecule has 3 aromatic heterocycles. The van der Waals surface area contributed by atoms with E-state index in [1.165, 1.54) is 34.0 Å². The molecule has 0 radical (unpaired) electrons. The van der Waals surface area contributed by atoms with Gasteiger partial charge in [0.2, 0.25) is 0 Å². The van der Waals surface area contributed by atoms with Crippen molar-refractivity contribution in [2.45, 2.75) is 20.0 Å². The molecule has 2 N–H and O–H groups in total. The molecular weight excluding hydrogens is 609 g/mol. The third-order valence-electron chi connectivity index (χ3n) is 6.44. The summed E-state index contributed by atoms with van der Waals surface area (Å²) in [5.74, 6) is -0.191. The number of amides is 3. The van der Waals surface area contributed by atoms with Crippen LogP contribution >= 0.6 is 34.0 Å². The molecule has 0 atom stereocenters. The van der Waals surface area contributed by atoms with E-state index in [1.54, 1.807) is 19.1 Å². The number of hydrogen-bond donors (Lipinski definition) is 2. The molecule has 0 saturated carbocycles. The minimum Gasteiger partial charge on any atom is -0.383 e. The van der Waals surface area contributed by atoms with Crippen LogP contribution in [-0.2, 0) is 27.2 Å². The Kier molecular flexibility index (Phi) is 15.3. The topological polar surface area (TPSA) is 109 Å². The highest BCUT2D eigenvalue weighted by molar-refractivity contribution is 7.14. The molecule has 43 heavy (non-hydrogen) atoms. The second-order valence-electron chi connectivity index (χ2n) is 9.84. The number of carbonyl (C=O) groups is 3. The van der Waals surface area contributed by atoms with E-state index in [0.717, 1.165) is 27.6 Å². The average Bonchev–Trinajstić information content (AvgIpc) is 3.77. The van der Waals surface area contributed by atoms with E-state index in [-0.39, 0.29) is 17.7 Å². The summed E-state index contributed by atoms with van der Waals surface area (Å²) in [5.41, 5.74) is 0. The third kappa shape index (κ3) is 12.1. The van der Waals surface area contributed by atoms with Gasteiger partial charge in [0.25, 0.3) is 17.7 Å². The summed E-state index contributed by atoms with van der Waals surface area (Å²) in [6.07, 6.45) is 0.824. The van der Waals surface area contributed by atoms with E-state index in [2.05, 4.69) is 15.5 Å². The molecule has 0 unspecified atom stereocenters. The summed E-state index contributed by atoms with van der Waals surface area (Å²) in [6, 6.07) is 11.4. The number of nitrogens with zero attached hydrogens (tertiary/aromatic N) is 2. The van der Waals surface area contributed by atoms with Crippen LogP contribution in [0.25, 0.3) is 0 Å². The summed E-state index contributed by atoms with van der Waals surface area (Å²) in [4.78, 5) is 46.8. The largest absolute Gasteiger partial charge is 0.383 e. The van der Waals surface area contributed by atoms with Gasteiger partial charge in [-0.25, -0.2) is 0 Å². The van der Waals surface area contributed by atoms with Gasteiger partial charge in [-0.2, -0.15) is 0 Å². The average molecular weight is 651 g/mol. The monoisotopic (exact) mass is 650 g/mol. The van der Waals surface area contributed by atoms with Gasteiger partial charge in [-0.3, -0.25) is 14.4 Å². The molecule has 3 rings (SSSR count). The summed E-state index contributed by atoms with van der Waals surface area (Å²) in [7, 11) is 5.27. The molecule has 0 fully saturated rings. The molecule has 0 spiro atoms. The van der Waals surface area contributed by atoms with Crippen molar-refractivity contribution in [2.24, 2.45) is 0 Å². The molecule has 0 aromatic carbocycles. The van der Waals surface area contributed by atoms with Crippen LogP contribution in [-0.4, -0.2) is 108 Å². The van der Waals surface area contributed by atoms with Crippen molar-refractivity contribution in [2.75, 3.05) is 80.4 Å². The molecule has 10 nitrogen and oxygen atoms in total. The van der Waals surface area contributed by atoms with E-state index in [4.69, 9.17) is 14.2 Å². The quantitative estimate of drug-likeness (QED) is 0.179. The highest BCUT2D eigenvalue weighted by Gasteiger charge is 2.18. The van der Waals surface area contributed by atoms with Crippen LogP contribution in [0.5, 0.6) is 0 Å². The fourth-order valence-corrected chi connectivity index (χ4v) is 6.60. The number of nitrogens with one attached hydrogen (secondary N) is 2. The molecule has 0 aliphatic carbocycles. The van der Waals surface area contributed by atoms with E-state index in [0.29, 0.717) is 73.8 Å². The Hall–Kier alpha value is -2.65. The Morgan fingerprint density at radius 2 is 1.33 bits per heavy atom. The van der Waals surface area contributed by atoms with E-state index in [1.807, 2.05) is 50.4 Å². The van der Waals surface area contributed by atoms with Crippen molar-refractivity contribution in [3.05, 3.63) is 65.7 Å². The molecule has 0 aliphatic rings. The first-order valence-electron chi connectivity index (χ1n) is 14.1. The Morgan fingerprint density at radius 1 is 0.721 bits per heavy atom. The van der Waals surface area contributed by atoms with Gasteiger partial charge in [-0.05, 0) is 56.8 Å². The lowest BCUT2D eigenvalue weighted by Gasteiger charge is -2.21. The summed E-state index contributed by atoms with van der Waals surface area (Å²) in [6.45, 7) is 7.26. The minimum absolute atomic E-state index is 0.00176. The Morgan fingerprint density at radius 3 is 2.00 bits per heavy atom. The number of ether oxygens (including phenoxy) is 3. The van der Waals surface area contributed by atoms with Crippen LogP contribution in [0.2, 0.25) is 0 Å². The van der Waals surface area contributed by atoms with Crippen molar-refractivity contribution in [3.63, 3.8) is 0 Å². The molecule has 13 heteroatoms. The maximum absolute atomic E-state index is 12.9. The smallest absolute Gasteiger partial charge is 0.264 e. The van der Waals surface area contributed by atoms with Crippen molar-refractivity contribution in [1.82, 2.24) is 20.4 Å². The minimum atomic E-state index is -0.101. The fraction of sp³-hybridized carbons (Fsp3) is 0.500. The maximum atomic E-state index is 12.9. The second kappa shape index (κ2) is 18.9. The first kappa shape index (κ1) is 34.8. The van der Waals surface area contributed by atoms with Crippen molar-refractivity contribution in [1.29, 1.82) is 0 Å².